The van der Waals surface area contributed by atoms with Crippen molar-refractivity contribution in [2.75, 3.05) is 0 Å². The average molecular weight is 332 g/mol. The molecule has 0 saturated carbocycles. The lowest BCUT2D eigenvalue weighted by molar-refractivity contribution is -0.127. The van der Waals surface area contributed by atoms with Crippen LogP contribution in [0.4, 0.5) is 0 Å². The second-order valence-corrected chi connectivity index (χ2v) is 6.23. The molecule has 0 unspecified atom stereocenters. The highest BCUT2D eigenvalue weighted by Gasteiger charge is 2.18. The molecule has 0 heterocycles. The van der Waals surface area contributed by atoms with Crippen LogP contribution in [0.2, 0.25) is 5.02 Å². The maximum absolute atomic E-state index is 12.3. The molecule has 0 radical (unpaired) electrons. The largest absolute Gasteiger partial charge is 0.481 e. The molecule has 2 rings (SSSR count). The first kappa shape index (κ1) is 17.4. The molecule has 1 amide bonds. The van der Waals surface area contributed by atoms with E-state index in [0.717, 1.165) is 5.56 Å². The summed E-state index contributed by atoms with van der Waals surface area (Å²) in [7, 11) is 0. The van der Waals surface area contributed by atoms with Crippen molar-refractivity contribution in [1.82, 2.24) is 5.32 Å². The van der Waals surface area contributed by atoms with Crippen molar-refractivity contribution in [2.45, 2.75) is 39.8 Å². The van der Waals surface area contributed by atoms with Gasteiger partial charge in [0.15, 0.2) is 6.10 Å². The van der Waals surface area contributed by atoms with Crippen LogP contribution in [0.5, 0.6) is 5.75 Å². The molecule has 0 aliphatic rings. The summed E-state index contributed by atoms with van der Waals surface area (Å²) in [6.07, 6.45) is -0.595. The van der Waals surface area contributed by atoms with Crippen molar-refractivity contribution >= 4 is 17.5 Å². The number of carbonyl (C=O) groups is 1. The second kappa shape index (κ2) is 7.51. The van der Waals surface area contributed by atoms with Crippen LogP contribution in [0.1, 0.15) is 36.6 Å². The Morgan fingerprint density at radius 2 is 1.83 bits per heavy atom. The van der Waals surface area contributed by atoms with Crippen molar-refractivity contribution in [3.63, 3.8) is 0 Å². The van der Waals surface area contributed by atoms with Gasteiger partial charge < -0.3 is 10.1 Å². The van der Waals surface area contributed by atoms with Crippen LogP contribution in [0.25, 0.3) is 0 Å². The fourth-order valence-corrected chi connectivity index (χ4v) is 2.43. The van der Waals surface area contributed by atoms with Crippen LogP contribution in [-0.2, 0) is 4.79 Å². The summed E-state index contributed by atoms with van der Waals surface area (Å²) in [5.41, 5.74) is 3.54. The quantitative estimate of drug-likeness (QED) is 0.869. The van der Waals surface area contributed by atoms with Gasteiger partial charge in [0, 0.05) is 5.02 Å². The maximum atomic E-state index is 12.3. The number of ether oxygens (including phenoxy) is 1. The minimum atomic E-state index is -0.595. The number of hydrogen-bond acceptors (Lipinski definition) is 2. The molecule has 3 nitrogen and oxygen atoms in total. The van der Waals surface area contributed by atoms with Gasteiger partial charge in [-0.05, 0) is 62.6 Å². The van der Waals surface area contributed by atoms with Crippen molar-refractivity contribution < 1.29 is 9.53 Å². The summed E-state index contributed by atoms with van der Waals surface area (Å²) < 4.78 is 5.64. The van der Waals surface area contributed by atoms with Crippen molar-refractivity contribution in [2.24, 2.45) is 0 Å². The standard InChI is InChI=1S/C19H22ClNO2/c1-12-8-9-16(10-13(12)2)14(3)21-19(22)15(4)23-18-7-5-6-17(20)11-18/h5-11,14-15H,1-4H3,(H,21,22)/t14-,15-/m1/s1. The number of hydrogen-bond donors (Lipinski definition) is 1. The molecule has 2 aromatic carbocycles. The molecule has 0 aliphatic heterocycles. The SMILES string of the molecule is Cc1ccc([C@@H](C)NC(=O)[C@@H](C)Oc2cccc(Cl)c2)cc1C. The first-order valence-corrected chi connectivity index (χ1v) is 8.04. The molecule has 23 heavy (non-hydrogen) atoms. The number of rotatable bonds is 5. The van der Waals surface area contributed by atoms with E-state index in [-0.39, 0.29) is 11.9 Å². The molecular formula is C19H22ClNO2. The smallest absolute Gasteiger partial charge is 0.261 e. The van der Waals surface area contributed by atoms with Gasteiger partial charge in [-0.15, -0.1) is 0 Å². The lowest BCUT2D eigenvalue weighted by atomic mass is 10.0. The van der Waals surface area contributed by atoms with E-state index in [1.165, 1.54) is 11.1 Å². The van der Waals surface area contributed by atoms with E-state index in [1.54, 1.807) is 31.2 Å². The number of aryl methyl sites for hydroxylation is 2. The van der Waals surface area contributed by atoms with Gasteiger partial charge >= 0.3 is 0 Å². The monoisotopic (exact) mass is 331 g/mol. The predicted octanol–water partition coefficient (Wildman–Crippen LogP) is 4.60. The number of amides is 1. The number of halogens is 1. The Bertz CT molecular complexity index is 700. The van der Waals surface area contributed by atoms with Crippen LogP contribution in [0.3, 0.4) is 0 Å². The van der Waals surface area contributed by atoms with Gasteiger partial charge in [0.05, 0.1) is 6.04 Å². The van der Waals surface area contributed by atoms with Crippen LogP contribution in [0, 0.1) is 13.8 Å². The van der Waals surface area contributed by atoms with Gasteiger partial charge in [-0.2, -0.15) is 0 Å². The van der Waals surface area contributed by atoms with Gasteiger partial charge in [0.25, 0.3) is 5.91 Å². The fraction of sp³-hybridized carbons (Fsp3) is 0.316. The summed E-state index contributed by atoms with van der Waals surface area (Å²) in [6, 6.07) is 13.2. The molecule has 122 valence electrons. The van der Waals surface area contributed by atoms with E-state index in [9.17, 15) is 4.79 Å². The molecule has 0 saturated heterocycles. The Hall–Kier alpha value is -2.00. The Morgan fingerprint density at radius 1 is 1.09 bits per heavy atom. The summed E-state index contributed by atoms with van der Waals surface area (Å²) >= 11 is 5.92. The molecule has 0 bridgehead atoms. The third-order valence-electron chi connectivity index (χ3n) is 3.87. The van der Waals surface area contributed by atoms with E-state index >= 15 is 0 Å². The molecular weight excluding hydrogens is 310 g/mol. The molecule has 0 aromatic heterocycles. The highest BCUT2D eigenvalue weighted by atomic mass is 35.5. The van der Waals surface area contributed by atoms with Gasteiger partial charge in [0.1, 0.15) is 5.75 Å². The third kappa shape index (κ3) is 4.73. The number of carbonyl (C=O) groups excluding carboxylic acids is 1. The van der Waals surface area contributed by atoms with Gasteiger partial charge in [-0.1, -0.05) is 35.9 Å². The maximum Gasteiger partial charge on any atom is 0.261 e. The first-order chi connectivity index (χ1) is 10.9. The molecule has 1 N–H and O–H groups in total. The minimum absolute atomic E-state index is 0.0767. The summed E-state index contributed by atoms with van der Waals surface area (Å²) in [5, 5.41) is 3.56. The van der Waals surface area contributed by atoms with E-state index < -0.39 is 6.10 Å². The van der Waals surface area contributed by atoms with Crippen molar-refractivity contribution in [3.05, 3.63) is 64.2 Å². The molecule has 4 heteroatoms. The van der Waals surface area contributed by atoms with E-state index in [0.29, 0.717) is 10.8 Å². The Kier molecular flexibility index (Phi) is 5.67. The third-order valence-corrected chi connectivity index (χ3v) is 4.10. The summed E-state index contributed by atoms with van der Waals surface area (Å²) in [6.45, 7) is 7.83. The summed E-state index contributed by atoms with van der Waals surface area (Å²) in [4.78, 5) is 12.3. The van der Waals surface area contributed by atoms with Gasteiger partial charge in [-0.3, -0.25) is 4.79 Å². The molecule has 2 aromatic rings. The van der Waals surface area contributed by atoms with Crippen molar-refractivity contribution in [3.8, 4) is 5.75 Å². The lowest BCUT2D eigenvalue weighted by Gasteiger charge is -2.19. The zero-order chi connectivity index (χ0) is 17.0. The minimum Gasteiger partial charge on any atom is -0.481 e. The lowest BCUT2D eigenvalue weighted by Crippen LogP contribution is -2.37. The van der Waals surface area contributed by atoms with E-state index in [4.69, 9.17) is 16.3 Å². The molecule has 0 fully saturated rings. The van der Waals surface area contributed by atoms with Crippen LogP contribution in [0.15, 0.2) is 42.5 Å². The van der Waals surface area contributed by atoms with Gasteiger partial charge in [-0.25, -0.2) is 0 Å². The van der Waals surface area contributed by atoms with Gasteiger partial charge in [0.2, 0.25) is 0 Å². The summed E-state index contributed by atoms with van der Waals surface area (Å²) in [5.74, 6) is 0.426. The van der Waals surface area contributed by atoms with E-state index in [2.05, 4.69) is 31.3 Å². The predicted molar refractivity (Wildman–Crippen MR) is 94.0 cm³/mol. The van der Waals surface area contributed by atoms with E-state index in [1.807, 2.05) is 13.0 Å². The zero-order valence-electron chi connectivity index (χ0n) is 13.9. The fourth-order valence-electron chi connectivity index (χ4n) is 2.25. The topological polar surface area (TPSA) is 38.3 Å². The Labute approximate surface area is 142 Å². The van der Waals surface area contributed by atoms with Crippen LogP contribution < -0.4 is 10.1 Å². The Morgan fingerprint density at radius 3 is 2.48 bits per heavy atom. The highest BCUT2D eigenvalue weighted by Crippen LogP contribution is 2.20. The second-order valence-electron chi connectivity index (χ2n) is 5.79. The van der Waals surface area contributed by atoms with Crippen LogP contribution in [-0.4, -0.2) is 12.0 Å². The molecule has 0 spiro atoms. The van der Waals surface area contributed by atoms with Crippen LogP contribution >= 0.6 is 11.6 Å². The molecule has 0 aliphatic carbocycles. The van der Waals surface area contributed by atoms with Crippen molar-refractivity contribution in [1.29, 1.82) is 0 Å². The number of nitrogens with one attached hydrogen (secondary N) is 1. The Balaban J connectivity index is 1.98. The molecule has 2 atom stereocenters. The number of benzene rings is 2. The highest BCUT2D eigenvalue weighted by molar-refractivity contribution is 6.30. The zero-order valence-corrected chi connectivity index (χ0v) is 14.6. The normalized spacial score (nSPS) is 13.3. The average Bonchev–Trinajstić information content (AvgIpc) is 2.49. The first-order valence-electron chi connectivity index (χ1n) is 7.66.